The fourth-order valence-corrected chi connectivity index (χ4v) is 7.72. The van der Waals surface area contributed by atoms with Crippen LogP contribution in [0, 0.1) is 12.8 Å². The summed E-state index contributed by atoms with van der Waals surface area (Å²) < 4.78 is 33.9. The molecule has 10 heteroatoms. The summed E-state index contributed by atoms with van der Waals surface area (Å²) in [7, 11) is -3.69. The molecule has 0 aromatic carbocycles. The lowest BCUT2D eigenvalue weighted by molar-refractivity contribution is -0.136. The lowest BCUT2D eigenvalue weighted by Crippen LogP contribution is -2.47. The van der Waals surface area contributed by atoms with Crippen LogP contribution in [0.15, 0.2) is 15.5 Å². The van der Waals surface area contributed by atoms with Gasteiger partial charge in [0, 0.05) is 37.0 Å². The number of sulfonamides is 1. The third kappa shape index (κ3) is 4.36. The van der Waals surface area contributed by atoms with Crippen molar-refractivity contribution in [2.45, 2.75) is 69.1 Å². The van der Waals surface area contributed by atoms with Gasteiger partial charge in [0.2, 0.25) is 27.6 Å². The predicted molar refractivity (Wildman–Crippen MR) is 121 cm³/mol. The van der Waals surface area contributed by atoms with Crippen LogP contribution in [0.25, 0.3) is 10.7 Å². The van der Waals surface area contributed by atoms with Crippen molar-refractivity contribution in [2.24, 2.45) is 5.92 Å². The molecule has 1 amide bonds. The van der Waals surface area contributed by atoms with Crippen LogP contribution in [0.4, 0.5) is 0 Å². The van der Waals surface area contributed by atoms with Crippen molar-refractivity contribution in [3.63, 3.8) is 0 Å². The van der Waals surface area contributed by atoms with E-state index < -0.39 is 10.0 Å². The first kappa shape index (κ1) is 22.0. The summed E-state index contributed by atoms with van der Waals surface area (Å²) in [5.74, 6) is 1.31. The van der Waals surface area contributed by atoms with E-state index in [0.717, 1.165) is 58.0 Å². The Labute approximate surface area is 193 Å². The van der Waals surface area contributed by atoms with Crippen molar-refractivity contribution in [1.82, 2.24) is 19.3 Å². The summed E-state index contributed by atoms with van der Waals surface area (Å²) >= 11 is 1.37. The third-order valence-corrected chi connectivity index (χ3v) is 9.90. The van der Waals surface area contributed by atoms with Gasteiger partial charge < -0.3 is 9.42 Å². The molecule has 2 aliphatic heterocycles. The van der Waals surface area contributed by atoms with E-state index in [1.54, 1.807) is 6.07 Å². The van der Waals surface area contributed by atoms with E-state index in [4.69, 9.17) is 4.52 Å². The van der Waals surface area contributed by atoms with Crippen LogP contribution in [0.3, 0.4) is 0 Å². The van der Waals surface area contributed by atoms with Gasteiger partial charge in [-0.05, 0) is 51.5 Å². The number of hydrogen-bond acceptors (Lipinski definition) is 7. The summed E-state index contributed by atoms with van der Waals surface area (Å²) in [6.45, 7) is 4.11. The summed E-state index contributed by atoms with van der Waals surface area (Å²) in [4.78, 5) is 21.2. The highest BCUT2D eigenvalue weighted by molar-refractivity contribution is 7.89. The van der Waals surface area contributed by atoms with Crippen molar-refractivity contribution >= 4 is 27.3 Å². The number of amides is 1. The molecule has 0 N–H and O–H groups in total. The topological polar surface area (TPSA) is 96.6 Å². The molecule has 5 rings (SSSR count). The van der Waals surface area contributed by atoms with Gasteiger partial charge in [0.15, 0.2) is 0 Å². The Morgan fingerprint density at radius 2 is 1.84 bits per heavy atom. The standard InChI is InChI=1S/C22H30N4O4S2/c1-15-19(13-18(31-15)20-23-21(30-24-20)16-8-9-16)32(28,29)26-12-6-7-17(14-26)22(27)25-10-4-2-3-5-11-25/h13,16-17H,2-12,14H2,1H3/t17-/m0/s1. The van der Waals surface area contributed by atoms with Gasteiger partial charge in [-0.1, -0.05) is 18.0 Å². The Morgan fingerprint density at radius 3 is 2.56 bits per heavy atom. The average Bonchev–Trinajstić information content (AvgIpc) is 3.48. The van der Waals surface area contributed by atoms with Gasteiger partial charge in [0.1, 0.15) is 0 Å². The van der Waals surface area contributed by atoms with Crippen LogP contribution in [-0.4, -0.2) is 59.8 Å². The zero-order valence-corrected chi connectivity index (χ0v) is 20.1. The largest absolute Gasteiger partial charge is 0.342 e. The van der Waals surface area contributed by atoms with Crippen LogP contribution < -0.4 is 0 Å². The zero-order chi connectivity index (χ0) is 22.3. The average molecular weight is 479 g/mol. The normalized spacial score (nSPS) is 23.3. The molecule has 32 heavy (non-hydrogen) atoms. The molecule has 1 aliphatic carbocycles. The zero-order valence-electron chi connectivity index (χ0n) is 18.5. The molecule has 8 nitrogen and oxygen atoms in total. The van der Waals surface area contributed by atoms with Crippen molar-refractivity contribution in [2.75, 3.05) is 26.2 Å². The van der Waals surface area contributed by atoms with Crippen molar-refractivity contribution < 1.29 is 17.7 Å². The Bertz CT molecular complexity index is 1080. The first-order valence-electron chi connectivity index (χ1n) is 11.7. The number of rotatable bonds is 5. The quantitative estimate of drug-likeness (QED) is 0.649. The number of aryl methyl sites for hydroxylation is 1. The van der Waals surface area contributed by atoms with E-state index in [1.165, 1.54) is 15.6 Å². The molecular formula is C22H30N4O4S2. The SMILES string of the molecule is Cc1sc(-c2noc(C3CC3)n2)cc1S(=O)(=O)N1CCC[C@H](C(=O)N2CCCCCC2)C1. The summed E-state index contributed by atoms with van der Waals surface area (Å²) in [6.07, 6.45) is 7.99. The monoisotopic (exact) mass is 478 g/mol. The number of nitrogens with zero attached hydrogens (tertiary/aromatic N) is 4. The maximum absolute atomic E-state index is 13.5. The molecule has 2 saturated heterocycles. The number of piperidine rings is 1. The highest BCUT2D eigenvalue weighted by Crippen LogP contribution is 2.41. The van der Waals surface area contributed by atoms with Crippen molar-refractivity contribution in [3.8, 4) is 10.7 Å². The molecule has 0 bridgehead atoms. The lowest BCUT2D eigenvalue weighted by Gasteiger charge is -2.34. The molecule has 2 aromatic rings. The van der Waals surface area contributed by atoms with Gasteiger partial charge in [-0.15, -0.1) is 11.3 Å². The molecule has 0 radical (unpaired) electrons. The highest BCUT2D eigenvalue weighted by atomic mass is 32.2. The lowest BCUT2D eigenvalue weighted by atomic mass is 9.98. The Kier molecular flexibility index (Phi) is 6.11. The van der Waals surface area contributed by atoms with E-state index in [1.807, 2.05) is 11.8 Å². The maximum Gasteiger partial charge on any atom is 0.244 e. The number of carbonyl (C=O) groups is 1. The van der Waals surface area contributed by atoms with Gasteiger partial charge in [-0.2, -0.15) is 9.29 Å². The molecule has 1 atom stereocenters. The van der Waals surface area contributed by atoms with Crippen molar-refractivity contribution in [3.05, 3.63) is 16.8 Å². The Balaban J connectivity index is 1.33. The van der Waals surface area contributed by atoms with Crippen molar-refractivity contribution in [1.29, 1.82) is 0 Å². The minimum Gasteiger partial charge on any atom is -0.342 e. The summed E-state index contributed by atoms with van der Waals surface area (Å²) in [5.41, 5.74) is 0. The smallest absolute Gasteiger partial charge is 0.244 e. The summed E-state index contributed by atoms with van der Waals surface area (Å²) in [5, 5.41) is 4.06. The fourth-order valence-electron chi connectivity index (χ4n) is 4.71. The van der Waals surface area contributed by atoms with Gasteiger partial charge in [-0.3, -0.25) is 4.79 Å². The van der Waals surface area contributed by atoms with Crippen LogP contribution in [-0.2, 0) is 14.8 Å². The molecule has 3 fully saturated rings. The molecule has 1 saturated carbocycles. The molecule has 4 heterocycles. The Morgan fingerprint density at radius 1 is 1.09 bits per heavy atom. The second-order valence-corrected chi connectivity index (χ2v) is 12.4. The van der Waals surface area contributed by atoms with E-state index in [9.17, 15) is 13.2 Å². The highest BCUT2D eigenvalue weighted by Gasteiger charge is 2.37. The summed E-state index contributed by atoms with van der Waals surface area (Å²) in [6, 6.07) is 1.66. The fraction of sp³-hybridized carbons (Fsp3) is 0.682. The second kappa shape index (κ2) is 8.87. The molecule has 0 spiro atoms. The second-order valence-electron chi connectivity index (χ2n) is 9.20. The number of aromatic nitrogens is 2. The van der Waals surface area contributed by atoms with Gasteiger partial charge >= 0.3 is 0 Å². The minimum absolute atomic E-state index is 0.119. The number of likely N-dealkylation sites (tertiary alicyclic amines) is 1. The number of thiophene rings is 1. The first-order chi connectivity index (χ1) is 15.4. The van der Waals surface area contributed by atoms with Gasteiger partial charge in [-0.25, -0.2) is 8.42 Å². The molecule has 2 aromatic heterocycles. The number of hydrogen-bond donors (Lipinski definition) is 0. The van der Waals surface area contributed by atoms with E-state index in [0.29, 0.717) is 40.4 Å². The third-order valence-electron chi connectivity index (χ3n) is 6.73. The van der Waals surface area contributed by atoms with Crippen LogP contribution in [0.1, 0.15) is 68.1 Å². The predicted octanol–water partition coefficient (Wildman–Crippen LogP) is 3.79. The molecular weight excluding hydrogens is 448 g/mol. The van der Waals surface area contributed by atoms with E-state index >= 15 is 0 Å². The first-order valence-corrected chi connectivity index (χ1v) is 13.9. The maximum atomic E-state index is 13.5. The van der Waals surface area contributed by atoms with E-state index in [-0.39, 0.29) is 23.3 Å². The van der Waals surface area contributed by atoms with Crippen LogP contribution in [0.2, 0.25) is 0 Å². The molecule has 0 unspecified atom stereocenters. The minimum atomic E-state index is -3.69. The van der Waals surface area contributed by atoms with E-state index in [2.05, 4.69) is 10.1 Å². The van der Waals surface area contributed by atoms with Crippen LogP contribution >= 0.6 is 11.3 Å². The Hall–Kier alpha value is -1.78. The number of carbonyl (C=O) groups excluding carboxylic acids is 1. The van der Waals surface area contributed by atoms with Gasteiger partial charge in [0.05, 0.1) is 15.7 Å². The molecule has 3 aliphatic rings. The molecule has 174 valence electrons. The van der Waals surface area contributed by atoms with Gasteiger partial charge in [0.25, 0.3) is 0 Å². The van der Waals surface area contributed by atoms with Crippen LogP contribution in [0.5, 0.6) is 0 Å².